The minimum atomic E-state index is -4.47. The largest absolute Gasteiger partial charge is 0.484 e. The van der Waals surface area contributed by atoms with E-state index in [0.29, 0.717) is 11.3 Å². The van der Waals surface area contributed by atoms with Crippen LogP contribution >= 0.6 is 0 Å². The van der Waals surface area contributed by atoms with Gasteiger partial charge in [-0.2, -0.15) is 13.2 Å². The SMILES string of the molecule is O=C1C[C@H](c2ccccc2C(F)(F)F)Oc2ccccc21. The second-order valence-electron chi connectivity index (χ2n) is 4.81. The monoisotopic (exact) mass is 292 g/mol. The van der Waals surface area contributed by atoms with E-state index >= 15 is 0 Å². The molecule has 0 fully saturated rings. The first kappa shape index (κ1) is 13.7. The Kier molecular flexibility index (Phi) is 3.20. The number of hydrogen-bond donors (Lipinski definition) is 0. The summed E-state index contributed by atoms with van der Waals surface area (Å²) < 4.78 is 44.8. The zero-order chi connectivity index (χ0) is 15.0. The van der Waals surface area contributed by atoms with Gasteiger partial charge in [0.05, 0.1) is 17.5 Å². The topological polar surface area (TPSA) is 26.3 Å². The molecule has 1 atom stereocenters. The number of benzene rings is 2. The fraction of sp³-hybridized carbons (Fsp3) is 0.188. The molecule has 0 aromatic heterocycles. The number of fused-ring (bicyclic) bond motifs is 1. The van der Waals surface area contributed by atoms with E-state index < -0.39 is 17.8 Å². The lowest BCUT2D eigenvalue weighted by Gasteiger charge is -2.27. The number of hydrogen-bond acceptors (Lipinski definition) is 2. The standard InChI is InChI=1S/C16H11F3O2/c17-16(18,19)12-7-3-1-5-10(12)15-9-13(20)11-6-2-4-8-14(11)21-15/h1-8,15H,9H2/t15-/m1/s1. The van der Waals surface area contributed by atoms with Crippen LogP contribution in [0.15, 0.2) is 48.5 Å². The second kappa shape index (κ2) is 4.91. The van der Waals surface area contributed by atoms with E-state index in [-0.39, 0.29) is 17.8 Å². The number of alkyl halides is 3. The van der Waals surface area contributed by atoms with Crippen LogP contribution in [0.4, 0.5) is 13.2 Å². The summed E-state index contributed by atoms with van der Waals surface area (Å²) in [5.41, 5.74) is -0.353. The summed E-state index contributed by atoms with van der Waals surface area (Å²) >= 11 is 0. The quantitative estimate of drug-likeness (QED) is 0.778. The number of rotatable bonds is 1. The van der Waals surface area contributed by atoms with Gasteiger partial charge in [-0.05, 0) is 18.2 Å². The summed E-state index contributed by atoms with van der Waals surface area (Å²) in [6, 6.07) is 11.8. The third kappa shape index (κ3) is 2.51. The molecule has 2 aromatic carbocycles. The molecule has 1 aliphatic rings. The molecule has 0 amide bonds. The third-order valence-electron chi connectivity index (χ3n) is 3.44. The number of para-hydroxylation sites is 1. The third-order valence-corrected chi connectivity index (χ3v) is 3.44. The maximum atomic E-state index is 13.1. The van der Waals surface area contributed by atoms with E-state index in [2.05, 4.69) is 0 Å². The van der Waals surface area contributed by atoms with Gasteiger partial charge < -0.3 is 4.74 Å². The molecule has 0 bridgehead atoms. The van der Waals surface area contributed by atoms with E-state index in [1.54, 1.807) is 24.3 Å². The summed E-state index contributed by atoms with van der Waals surface area (Å²) in [6.45, 7) is 0. The number of ether oxygens (including phenoxy) is 1. The van der Waals surface area contributed by atoms with Crippen molar-refractivity contribution in [2.75, 3.05) is 0 Å². The molecule has 0 saturated carbocycles. The van der Waals surface area contributed by atoms with Crippen molar-refractivity contribution >= 4 is 5.78 Å². The van der Waals surface area contributed by atoms with Gasteiger partial charge in [0.25, 0.3) is 0 Å². The van der Waals surface area contributed by atoms with Crippen molar-refractivity contribution in [2.45, 2.75) is 18.7 Å². The lowest BCUT2D eigenvalue weighted by molar-refractivity contribution is -0.139. The predicted molar refractivity (Wildman–Crippen MR) is 70.2 cm³/mol. The lowest BCUT2D eigenvalue weighted by atomic mass is 9.93. The number of ketones is 1. The summed E-state index contributed by atoms with van der Waals surface area (Å²) in [6.07, 6.45) is -5.48. The van der Waals surface area contributed by atoms with Crippen LogP contribution in [0.1, 0.15) is 34.0 Å². The zero-order valence-electron chi connectivity index (χ0n) is 10.9. The fourth-order valence-corrected chi connectivity index (χ4v) is 2.48. The lowest BCUT2D eigenvalue weighted by Crippen LogP contribution is -2.23. The highest BCUT2D eigenvalue weighted by Crippen LogP contribution is 2.40. The van der Waals surface area contributed by atoms with E-state index in [4.69, 9.17) is 4.74 Å². The van der Waals surface area contributed by atoms with Gasteiger partial charge in [-0.3, -0.25) is 4.79 Å². The van der Waals surface area contributed by atoms with Crippen LogP contribution in [0.2, 0.25) is 0 Å². The molecule has 5 heteroatoms. The van der Waals surface area contributed by atoms with Gasteiger partial charge in [-0.25, -0.2) is 0 Å². The average molecular weight is 292 g/mol. The molecule has 0 N–H and O–H groups in total. The number of carbonyl (C=O) groups excluding carboxylic acids is 1. The molecule has 21 heavy (non-hydrogen) atoms. The summed E-state index contributed by atoms with van der Waals surface area (Å²) in [5.74, 6) is 0.120. The van der Waals surface area contributed by atoms with E-state index in [1.807, 2.05) is 0 Å². The van der Waals surface area contributed by atoms with Gasteiger partial charge in [0.1, 0.15) is 11.9 Å². The van der Waals surface area contributed by atoms with Crippen molar-refractivity contribution in [1.29, 1.82) is 0 Å². The van der Waals surface area contributed by atoms with Crippen LogP contribution in [0.25, 0.3) is 0 Å². The van der Waals surface area contributed by atoms with Crippen LogP contribution in [-0.2, 0) is 6.18 Å². The van der Waals surface area contributed by atoms with Gasteiger partial charge in [-0.1, -0.05) is 30.3 Å². The average Bonchev–Trinajstić information content (AvgIpc) is 2.46. The van der Waals surface area contributed by atoms with Gasteiger partial charge in [0.15, 0.2) is 5.78 Å². The Morgan fingerprint density at radius 1 is 1.00 bits per heavy atom. The van der Waals surface area contributed by atoms with Crippen molar-refractivity contribution in [1.82, 2.24) is 0 Å². The first-order valence-corrected chi connectivity index (χ1v) is 6.42. The number of halogens is 3. The molecule has 0 radical (unpaired) electrons. The predicted octanol–water partition coefficient (Wildman–Crippen LogP) is 4.41. The molecule has 1 aliphatic heterocycles. The highest BCUT2D eigenvalue weighted by Gasteiger charge is 2.37. The normalized spacial score (nSPS) is 18.0. The van der Waals surface area contributed by atoms with Crippen molar-refractivity contribution in [3.63, 3.8) is 0 Å². The summed E-state index contributed by atoms with van der Waals surface area (Å²) in [4.78, 5) is 12.1. The second-order valence-corrected chi connectivity index (χ2v) is 4.81. The van der Waals surface area contributed by atoms with Crippen molar-refractivity contribution in [2.24, 2.45) is 0 Å². The molecule has 0 aliphatic carbocycles. The van der Waals surface area contributed by atoms with Gasteiger partial charge in [0, 0.05) is 5.56 Å². The Hall–Kier alpha value is -2.30. The van der Waals surface area contributed by atoms with E-state index in [0.717, 1.165) is 6.07 Å². The molecule has 0 unspecified atom stereocenters. The summed E-state index contributed by atoms with van der Waals surface area (Å²) in [5, 5.41) is 0. The molecular formula is C16H11F3O2. The number of carbonyl (C=O) groups is 1. The molecule has 3 rings (SSSR count). The van der Waals surface area contributed by atoms with Crippen LogP contribution in [0, 0.1) is 0 Å². The van der Waals surface area contributed by atoms with Gasteiger partial charge in [0.2, 0.25) is 0 Å². The Morgan fingerprint density at radius 3 is 2.43 bits per heavy atom. The molecular weight excluding hydrogens is 281 g/mol. The minimum Gasteiger partial charge on any atom is -0.484 e. The van der Waals surface area contributed by atoms with Crippen LogP contribution < -0.4 is 4.74 Å². The van der Waals surface area contributed by atoms with Crippen molar-refractivity contribution in [3.8, 4) is 5.75 Å². The Bertz CT molecular complexity index is 692. The maximum absolute atomic E-state index is 13.1. The molecule has 2 nitrogen and oxygen atoms in total. The maximum Gasteiger partial charge on any atom is 0.416 e. The van der Waals surface area contributed by atoms with Gasteiger partial charge in [-0.15, -0.1) is 0 Å². The van der Waals surface area contributed by atoms with Crippen molar-refractivity contribution in [3.05, 3.63) is 65.2 Å². The first-order chi connectivity index (χ1) is 9.97. The molecule has 0 spiro atoms. The minimum absolute atomic E-state index is 0.00662. The van der Waals surface area contributed by atoms with Gasteiger partial charge >= 0.3 is 6.18 Å². The molecule has 0 saturated heterocycles. The van der Waals surface area contributed by atoms with Crippen LogP contribution in [0.5, 0.6) is 5.75 Å². The molecule has 2 aromatic rings. The van der Waals surface area contributed by atoms with Crippen LogP contribution in [-0.4, -0.2) is 5.78 Å². The highest BCUT2D eigenvalue weighted by molar-refractivity contribution is 6.00. The van der Waals surface area contributed by atoms with Crippen LogP contribution in [0.3, 0.4) is 0 Å². The summed E-state index contributed by atoms with van der Waals surface area (Å²) in [7, 11) is 0. The Labute approximate surface area is 119 Å². The number of Topliss-reactive ketones (excluding diaryl/α,β-unsaturated/α-hetero) is 1. The van der Waals surface area contributed by atoms with Crippen molar-refractivity contribution < 1.29 is 22.7 Å². The fourth-order valence-electron chi connectivity index (χ4n) is 2.48. The van der Waals surface area contributed by atoms with E-state index in [1.165, 1.54) is 18.2 Å². The Balaban J connectivity index is 2.03. The first-order valence-electron chi connectivity index (χ1n) is 6.42. The molecule has 108 valence electrons. The Morgan fingerprint density at radius 2 is 1.67 bits per heavy atom. The zero-order valence-corrected chi connectivity index (χ0v) is 10.9. The van der Waals surface area contributed by atoms with E-state index in [9.17, 15) is 18.0 Å². The molecule has 1 heterocycles. The highest BCUT2D eigenvalue weighted by atomic mass is 19.4. The smallest absolute Gasteiger partial charge is 0.416 e.